The second-order valence-electron chi connectivity index (χ2n) is 6.51. The van der Waals surface area contributed by atoms with Gasteiger partial charge < -0.3 is 10.2 Å². The summed E-state index contributed by atoms with van der Waals surface area (Å²) in [4.78, 5) is 35.0. The average molecular weight is 316 g/mol. The van der Waals surface area contributed by atoms with Gasteiger partial charge in [0.25, 0.3) is 5.91 Å². The molecule has 1 aliphatic carbocycles. The second kappa shape index (κ2) is 7.06. The fraction of sp³-hybridized carbons (Fsp3) is 0.647. The Balaban J connectivity index is 1.64. The van der Waals surface area contributed by atoms with E-state index in [0.717, 1.165) is 31.4 Å². The summed E-state index contributed by atoms with van der Waals surface area (Å²) in [6.45, 7) is 2.54. The number of aryl methyl sites for hydroxylation is 2. The van der Waals surface area contributed by atoms with Crippen LogP contribution < -0.4 is 5.32 Å². The number of carbonyl (C=O) groups excluding carboxylic acids is 2. The number of amides is 2. The van der Waals surface area contributed by atoms with Crippen molar-refractivity contribution in [1.82, 2.24) is 20.2 Å². The molecule has 1 saturated carbocycles. The molecule has 1 fully saturated rings. The lowest BCUT2D eigenvalue weighted by molar-refractivity contribution is -0.122. The lowest BCUT2D eigenvalue weighted by Crippen LogP contribution is -2.44. The van der Waals surface area contributed by atoms with E-state index in [-0.39, 0.29) is 24.4 Å². The second-order valence-corrected chi connectivity index (χ2v) is 6.51. The number of fused-ring (bicyclic) bond motifs is 1. The monoisotopic (exact) mass is 316 g/mol. The molecule has 0 bridgehead atoms. The first-order valence-electron chi connectivity index (χ1n) is 8.54. The minimum Gasteiger partial charge on any atom is -0.352 e. The number of nitrogens with one attached hydrogen (secondary N) is 1. The molecule has 0 radical (unpaired) electrons. The molecule has 0 unspecified atom stereocenters. The van der Waals surface area contributed by atoms with Crippen LogP contribution in [0.15, 0.2) is 6.20 Å². The number of hydrogen-bond acceptors (Lipinski definition) is 4. The minimum atomic E-state index is -0.128. The van der Waals surface area contributed by atoms with E-state index in [0.29, 0.717) is 17.9 Å². The molecule has 0 spiro atoms. The van der Waals surface area contributed by atoms with E-state index in [1.807, 2.05) is 6.92 Å². The normalized spacial score (nSPS) is 19.2. The van der Waals surface area contributed by atoms with E-state index in [4.69, 9.17) is 0 Å². The molecule has 0 saturated heterocycles. The average Bonchev–Trinajstić information content (AvgIpc) is 2.68. The van der Waals surface area contributed by atoms with Crippen molar-refractivity contribution in [3.8, 4) is 0 Å². The predicted molar refractivity (Wildman–Crippen MR) is 86.0 cm³/mol. The lowest BCUT2D eigenvalue weighted by Gasteiger charge is -2.25. The summed E-state index contributed by atoms with van der Waals surface area (Å²) in [6, 6.07) is 0.275. The lowest BCUT2D eigenvalue weighted by atomic mass is 9.95. The van der Waals surface area contributed by atoms with Gasteiger partial charge >= 0.3 is 0 Å². The highest BCUT2D eigenvalue weighted by atomic mass is 16.2. The van der Waals surface area contributed by atoms with Gasteiger partial charge in [-0.2, -0.15) is 0 Å². The minimum absolute atomic E-state index is 0.0540. The van der Waals surface area contributed by atoms with Crippen molar-refractivity contribution in [3.05, 3.63) is 23.3 Å². The number of aromatic nitrogens is 2. The smallest absolute Gasteiger partial charge is 0.257 e. The maximum Gasteiger partial charge on any atom is 0.257 e. The highest BCUT2D eigenvalue weighted by Gasteiger charge is 2.26. The first kappa shape index (κ1) is 15.9. The van der Waals surface area contributed by atoms with Crippen molar-refractivity contribution in [2.45, 2.75) is 57.9 Å². The van der Waals surface area contributed by atoms with Crippen LogP contribution in [-0.2, 0) is 11.2 Å². The van der Waals surface area contributed by atoms with Gasteiger partial charge in [0.15, 0.2) is 0 Å². The summed E-state index contributed by atoms with van der Waals surface area (Å²) in [6.07, 6.45) is 8.89. The fourth-order valence-electron chi connectivity index (χ4n) is 3.44. The quantitative estimate of drug-likeness (QED) is 0.919. The van der Waals surface area contributed by atoms with Crippen molar-refractivity contribution in [2.75, 3.05) is 13.1 Å². The van der Waals surface area contributed by atoms with Gasteiger partial charge in [0.2, 0.25) is 5.91 Å². The third-order valence-electron chi connectivity index (χ3n) is 4.65. The van der Waals surface area contributed by atoms with Crippen molar-refractivity contribution < 1.29 is 9.59 Å². The van der Waals surface area contributed by atoms with Crippen LogP contribution in [0.3, 0.4) is 0 Å². The first-order valence-corrected chi connectivity index (χ1v) is 8.54. The van der Waals surface area contributed by atoms with Crippen LogP contribution in [0.2, 0.25) is 0 Å². The molecule has 0 aromatic carbocycles. The maximum absolute atomic E-state index is 12.6. The van der Waals surface area contributed by atoms with E-state index >= 15 is 0 Å². The summed E-state index contributed by atoms with van der Waals surface area (Å²) >= 11 is 0. The number of hydrogen-bond donors (Lipinski definition) is 1. The Morgan fingerprint density at radius 2 is 2.09 bits per heavy atom. The zero-order valence-corrected chi connectivity index (χ0v) is 13.7. The molecule has 2 aliphatic rings. The number of carbonyl (C=O) groups is 2. The van der Waals surface area contributed by atoms with Crippen LogP contribution in [0.25, 0.3) is 0 Å². The molecular formula is C17H24N4O2. The summed E-state index contributed by atoms with van der Waals surface area (Å²) < 4.78 is 0. The summed E-state index contributed by atoms with van der Waals surface area (Å²) in [7, 11) is 0. The molecule has 2 heterocycles. The van der Waals surface area contributed by atoms with Crippen molar-refractivity contribution in [3.63, 3.8) is 0 Å². The largest absolute Gasteiger partial charge is 0.352 e. The van der Waals surface area contributed by atoms with Gasteiger partial charge in [-0.1, -0.05) is 19.3 Å². The molecule has 2 amide bonds. The van der Waals surface area contributed by atoms with E-state index in [1.165, 1.54) is 19.3 Å². The van der Waals surface area contributed by atoms with Gasteiger partial charge in [0.1, 0.15) is 5.82 Å². The van der Waals surface area contributed by atoms with Gasteiger partial charge in [-0.3, -0.25) is 9.59 Å². The molecule has 6 heteroatoms. The van der Waals surface area contributed by atoms with Gasteiger partial charge in [-0.15, -0.1) is 0 Å². The molecule has 124 valence electrons. The van der Waals surface area contributed by atoms with Crippen molar-refractivity contribution in [2.24, 2.45) is 0 Å². The standard InChI is InChI=1S/C17H24N4O2/c1-12-18-10-14-15(19-12)8-5-9-21(17(14)23)11-16(22)20-13-6-3-2-4-7-13/h10,13H,2-9,11H2,1H3,(H,20,22). The summed E-state index contributed by atoms with van der Waals surface area (Å²) in [5.41, 5.74) is 1.34. The first-order chi connectivity index (χ1) is 11.1. The SMILES string of the molecule is Cc1ncc2c(n1)CCCN(CC(=O)NC1CCCCC1)C2=O. The van der Waals surface area contributed by atoms with Crippen LogP contribution in [-0.4, -0.2) is 45.8 Å². The van der Waals surface area contributed by atoms with E-state index in [2.05, 4.69) is 15.3 Å². The van der Waals surface area contributed by atoms with E-state index in [1.54, 1.807) is 11.1 Å². The van der Waals surface area contributed by atoms with Gasteiger partial charge in [0.05, 0.1) is 17.8 Å². The summed E-state index contributed by atoms with van der Waals surface area (Å²) in [5, 5.41) is 3.08. The predicted octanol–water partition coefficient (Wildman–Crippen LogP) is 1.62. The zero-order chi connectivity index (χ0) is 16.2. The molecule has 1 N–H and O–H groups in total. The van der Waals surface area contributed by atoms with Crippen LogP contribution in [0.5, 0.6) is 0 Å². The van der Waals surface area contributed by atoms with Gasteiger partial charge in [0, 0.05) is 18.8 Å². The molecule has 1 aromatic rings. The Morgan fingerprint density at radius 1 is 1.30 bits per heavy atom. The Labute approximate surface area is 136 Å². The Bertz CT molecular complexity index is 596. The van der Waals surface area contributed by atoms with Crippen molar-refractivity contribution in [1.29, 1.82) is 0 Å². The molecule has 1 aromatic heterocycles. The molecule has 23 heavy (non-hydrogen) atoms. The Kier molecular flexibility index (Phi) is 4.88. The fourth-order valence-corrected chi connectivity index (χ4v) is 3.44. The molecule has 1 aliphatic heterocycles. The zero-order valence-electron chi connectivity index (χ0n) is 13.7. The highest BCUT2D eigenvalue weighted by molar-refractivity contribution is 5.97. The molecular weight excluding hydrogens is 292 g/mol. The topological polar surface area (TPSA) is 75.2 Å². The third kappa shape index (κ3) is 3.86. The molecule has 6 nitrogen and oxygen atoms in total. The highest BCUT2D eigenvalue weighted by Crippen LogP contribution is 2.18. The van der Waals surface area contributed by atoms with E-state index < -0.39 is 0 Å². The number of rotatable bonds is 3. The van der Waals surface area contributed by atoms with Crippen LogP contribution in [0.1, 0.15) is 60.4 Å². The van der Waals surface area contributed by atoms with E-state index in [9.17, 15) is 9.59 Å². The third-order valence-corrected chi connectivity index (χ3v) is 4.65. The van der Waals surface area contributed by atoms with Gasteiger partial charge in [-0.05, 0) is 32.6 Å². The van der Waals surface area contributed by atoms with Crippen LogP contribution in [0, 0.1) is 6.92 Å². The molecule has 3 rings (SSSR count). The molecule has 0 atom stereocenters. The Hall–Kier alpha value is -1.98. The van der Waals surface area contributed by atoms with Crippen LogP contribution >= 0.6 is 0 Å². The Morgan fingerprint density at radius 3 is 2.87 bits per heavy atom. The van der Waals surface area contributed by atoms with Crippen molar-refractivity contribution >= 4 is 11.8 Å². The van der Waals surface area contributed by atoms with Gasteiger partial charge in [-0.25, -0.2) is 9.97 Å². The van der Waals surface area contributed by atoms with Crippen LogP contribution in [0.4, 0.5) is 0 Å². The number of nitrogens with zero attached hydrogens (tertiary/aromatic N) is 3. The summed E-state index contributed by atoms with van der Waals surface area (Å²) in [5.74, 6) is 0.498. The maximum atomic E-state index is 12.6.